The highest BCUT2D eigenvalue weighted by molar-refractivity contribution is 8.00. The molecule has 3 aromatic rings. The lowest BCUT2D eigenvalue weighted by molar-refractivity contribution is -0.146. The van der Waals surface area contributed by atoms with Crippen LogP contribution in [0.3, 0.4) is 0 Å². The maximum Gasteiger partial charge on any atom is 0.307 e. The van der Waals surface area contributed by atoms with Gasteiger partial charge in [-0.2, -0.15) is 0 Å². The average molecular weight is 500 g/mol. The van der Waals surface area contributed by atoms with E-state index in [1.807, 2.05) is 47.2 Å². The van der Waals surface area contributed by atoms with Crippen LogP contribution in [-0.2, 0) is 14.4 Å². The highest BCUT2D eigenvalue weighted by atomic mass is 32.2. The van der Waals surface area contributed by atoms with Gasteiger partial charge in [0.25, 0.3) is 0 Å². The molecule has 0 spiro atoms. The fraction of sp³-hybridized carbons (Fsp3) is 0.217. The number of carbonyl (C=O) groups is 3. The number of thioether (sulfide) groups is 1. The number of carboxylic acid groups (broad SMARTS) is 1. The molecule has 0 saturated carbocycles. The summed E-state index contributed by atoms with van der Waals surface area (Å²) < 4.78 is 0. The number of nitrogens with zero attached hydrogens (tertiary/aromatic N) is 1. The van der Waals surface area contributed by atoms with E-state index in [1.165, 1.54) is 23.1 Å². The number of thiophene rings is 1. The molecule has 0 saturated heterocycles. The van der Waals surface area contributed by atoms with Gasteiger partial charge in [0.2, 0.25) is 11.8 Å². The van der Waals surface area contributed by atoms with Crippen molar-refractivity contribution >= 4 is 63.0 Å². The Bertz CT molecular complexity index is 1160. The molecule has 0 fully saturated rings. The van der Waals surface area contributed by atoms with Crippen molar-refractivity contribution in [3.8, 4) is 10.6 Å². The summed E-state index contributed by atoms with van der Waals surface area (Å²) in [4.78, 5) is 42.6. The Morgan fingerprint density at radius 2 is 1.79 bits per heavy atom. The van der Waals surface area contributed by atoms with Crippen LogP contribution in [-0.4, -0.2) is 33.6 Å². The van der Waals surface area contributed by atoms with E-state index in [1.54, 1.807) is 23.5 Å². The second-order valence-electron chi connectivity index (χ2n) is 7.36. The number of amides is 2. The monoisotopic (exact) mass is 499 g/mol. The maximum atomic E-state index is 12.6. The number of hydrogen-bond acceptors (Lipinski definition) is 7. The van der Waals surface area contributed by atoms with Crippen LogP contribution < -0.4 is 10.6 Å². The molecule has 2 atom stereocenters. The van der Waals surface area contributed by atoms with Crippen LogP contribution in [0.5, 0.6) is 0 Å². The van der Waals surface area contributed by atoms with Crippen molar-refractivity contribution in [2.45, 2.75) is 17.7 Å². The summed E-state index contributed by atoms with van der Waals surface area (Å²) in [6, 6.07) is 11.1. The molecule has 3 N–H and O–H groups in total. The molecule has 170 valence electrons. The molecule has 0 radical (unpaired) electrons. The maximum absolute atomic E-state index is 12.6. The Hall–Kier alpha value is -2.95. The number of aromatic nitrogens is 1. The van der Waals surface area contributed by atoms with Gasteiger partial charge in [0, 0.05) is 16.0 Å². The first-order valence-electron chi connectivity index (χ1n) is 10.2. The molecule has 2 amide bonds. The summed E-state index contributed by atoms with van der Waals surface area (Å²) in [6.45, 7) is 0. The van der Waals surface area contributed by atoms with Gasteiger partial charge in [0.05, 0.1) is 28.2 Å². The predicted molar refractivity (Wildman–Crippen MR) is 133 cm³/mol. The first-order valence-corrected chi connectivity index (χ1v) is 12.9. The lowest BCUT2D eigenvalue weighted by Gasteiger charge is -2.24. The third kappa shape index (κ3) is 6.10. The van der Waals surface area contributed by atoms with Crippen molar-refractivity contribution in [1.29, 1.82) is 0 Å². The molecule has 1 aromatic carbocycles. The first kappa shape index (κ1) is 23.2. The summed E-state index contributed by atoms with van der Waals surface area (Å²) in [5.41, 5.74) is 1.45. The fourth-order valence-electron chi connectivity index (χ4n) is 3.42. The molecule has 10 heteroatoms. The van der Waals surface area contributed by atoms with Gasteiger partial charge in [-0.15, -0.1) is 34.4 Å². The zero-order valence-corrected chi connectivity index (χ0v) is 19.8. The van der Waals surface area contributed by atoms with Crippen LogP contribution >= 0.6 is 34.4 Å². The molecule has 2 heterocycles. The second kappa shape index (κ2) is 10.8. The van der Waals surface area contributed by atoms with Crippen molar-refractivity contribution in [3.05, 3.63) is 59.3 Å². The van der Waals surface area contributed by atoms with E-state index in [0.29, 0.717) is 23.7 Å². The van der Waals surface area contributed by atoms with Gasteiger partial charge in [-0.3, -0.25) is 14.4 Å². The van der Waals surface area contributed by atoms with E-state index >= 15 is 0 Å². The Labute approximate surface area is 203 Å². The van der Waals surface area contributed by atoms with Crippen LogP contribution in [0, 0.1) is 11.8 Å². The minimum Gasteiger partial charge on any atom is -0.481 e. The summed E-state index contributed by atoms with van der Waals surface area (Å²) in [7, 11) is 0. The lowest BCUT2D eigenvalue weighted by atomic mass is 9.82. The van der Waals surface area contributed by atoms with Crippen molar-refractivity contribution in [3.63, 3.8) is 0 Å². The van der Waals surface area contributed by atoms with Crippen molar-refractivity contribution in [2.24, 2.45) is 11.8 Å². The molecule has 33 heavy (non-hydrogen) atoms. The minimum absolute atomic E-state index is 0.144. The van der Waals surface area contributed by atoms with Crippen LogP contribution in [0.25, 0.3) is 10.6 Å². The Kier molecular flexibility index (Phi) is 7.58. The number of hydrogen-bond donors (Lipinski definition) is 3. The van der Waals surface area contributed by atoms with Crippen LogP contribution in [0.15, 0.2) is 64.2 Å². The van der Waals surface area contributed by atoms with E-state index in [-0.39, 0.29) is 17.6 Å². The van der Waals surface area contributed by atoms with E-state index in [2.05, 4.69) is 15.6 Å². The second-order valence-corrected chi connectivity index (χ2v) is 10.2. The molecular weight excluding hydrogens is 478 g/mol. The quantitative estimate of drug-likeness (QED) is 0.290. The van der Waals surface area contributed by atoms with E-state index in [4.69, 9.17) is 0 Å². The molecule has 1 aliphatic rings. The predicted octanol–water partition coefficient (Wildman–Crippen LogP) is 5.21. The Balaban J connectivity index is 1.26. The van der Waals surface area contributed by atoms with E-state index in [9.17, 15) is 19.5 Å². The third-order valence-corrected chi connectivity index (χ3v) is 7.76. The number of aliphatic carboxylic acids is 1. The molecule has 2 aromatic heterocycles. The standard InChI is InChI=1S/C23H21N3O4S3/c27-20(26-23-25-18(12-33-23)19-6-3-11-31-19)13-32-15-9-7-14(8-10-15)24-21(28)16-4-1-2-5-17(16)22(29)30/h1-3,6-12,16-17H,4-5,13H2,(H,24,28)(H,29,30)(H,25,26,27). The lowest BCUT2D eigenvalue weighted by Crippen LogP contribution is -2.34. The molecule has 0 bridgehead atoms. The third-order valence-electron chi connectivity index (χ3n) is 5.10. The van der Waals surface area contributed by atoms with Gasteiger partial charge in [0.15, 0.2) is 5.13 Å². The number of benzene rings is 1. The number of carbonyl (C=O) groups excluding carboxylic acids is 2. The van der Waals surface area contributed by atoms with Gasteiger partial charge in [-0.25, -0.2) is 4.98 Å². The van der Waals surface area contributed by atoms with Crippen LogP contribution in [0.4, 0.5) is 10.8 Å². The minimum atomic E-state index is -0.954. The SMILES string of the molecule is O=C(CSc1ccc(NC(=O)C2CC=CCC2C(=O)O)cc1)Nc1nc(-c2cccs2)cs1. The van der Waals surface area contributed by atoms with Gasteiger partial charge in [-0.05, 0) is 48.6 Å². The highest BCUT2D eigenvalue weighted by Crippen LogP contribution is 2.29. The number of allylic oxidation sites excluding steroid dienone is 2. The number of thiazole rings is 1. The molecule has 0 aliphatic heterocycles. The number of rotatable bonds is 8. The smallest absolute Gasteiger partial charge is 0.307 e. The summed E-state index contributed by atoms with van der Waals surface area (Å²) in [5.74, 6) is -2.45. The summed E-state index contributed by atoms with van der Waals surface area (Å²) in [5, 5.41) is 19.5. The van der Waals surface area contributed by atoms with Crippen molar-refractivity contribution < 1.29 is 19.5 Å². The Morgan fingerprint density at radius 3 is 2.48 bits per heavy atom. The van der Waals surface area contributed by atoms with Gasteiger partial charge < -0.3 is 15.7 Å². The van der Waals surface area contributed by atoms with Crippen LogP contribution in [0.1, 0.15) is 12.8 Å². The van der Waals surface area contributed by atoms with Crippen LogP contribution in [0.2, 0.25) is 0 Å². The largest absolute Gasteiger partial charge is 0.481 e. The van der Waals surface area contributed by atoms with Crippen molar-refractivity contribution in [1.82, 2.24) is 4.98 Å². The molecule has 1 aliphatic carbocycles. The molecule has 2 unspecified atom stereocenters. The van der Waals surface area contributed by atoms with E-state index < -0.39 is 17.8 Å². The Morgan fingerprint density at radius 1 is 1.03 bits per heavy atom. The normalized spacial score (nSPS) is 17.5. The molecular formula is C23H21N3O4S3. The number of anilines is 2. The average Bonchev–Trinajstić information content (AvgIpc) is 3.51. The summed E-state index contributed by atoms with van der Waals surface area (Å²) in [6.07, 6.45) is 4.44. The molecule has 7 nitrogen and oxygen atoms in total. The van der Waals surface area contributed by atoms with Gasteiger partial charge in [-0.1, -0.05) is 18.2 Å². The first-order chi connectivity index (χ1) is 16.0. The topological polar surface area (TPSA) is 108 Å². The van der Waals surface area contributed by atoms with Gasteiger partial charge in [0.1, 0.15) is 0 Å². The zero-order valence-electron chi connectivity index (χ0n) is 17.4. The summed E-state index contributed by atoms with van der Waals surface area (Å²) >= 11 is 4.37. The zero-order chi connectivity index (χ0) is 23.2. The van der Waals surface area contributed by atoms with E-state index in [0.717, 1.165) is 15.5 Å². The van der Waals surface area contributed by atoms with Gasteiger partial charge >= 0.3 is 5.97 Å². The highest BCUT2D eigenvalue weighted by Gasteiger charge is 2.33. The molecule has 4 rings (SSSR count). The van der Waals surface area contributed by atoms with Crippen molar-refractivity contribution in [2.75, 3.05) is 16.4 Å². The number of carboxylic acids is 1. The number of nitrogens with one attached hydrogen (secondary N) is 2. The fourth-order valence-corrected chi connectivity index (χ4v) is 5.61.